The molecule has 2 aromatic carbocycles. The van der Waals surface area contributed by atoms with Gasteiger partial charge in [0.2, 0.25) is 5.95 Å². The first kappa shape index (κ1) is 18.5. The Balaban J connectivity index is 1.52. The van der Waals surface area contributed by atoms with E-state index in [0.717, 1.165) is 5.69 Å². The van der Waals surface area contributed by atoms with Gasteiger partial charge in [0.1, 0.15) is 19.0 Å². The fraction of sp³-hybridized carbons (Fsp3) is 0.190. The number of hydrogen-bond acceptors (Lipinski definition) is 8. The average Bonchev–Trinajstić information content (AvgIpc) is 2.74. The highest BCUT2D eigenvalue weighted by Gasteiger charge is 2.14. The van der Waals surface area contributed by atoms with Gasteiger partial charge in [0, 0.05) is 18.0 Å². The van der Waals surface area contributed by atoms with Crippen LogP contribution in [-0.2, 0) is 4.74 Å². The molecule has 1 aliphatic rings. The summed E-state index contributed by atoms with van der Waals surface area (Å²) >= 11 is 0. The molecule has 3 aromatic rings. The quantitative estimate of drug-likeness (QED) is 0.610. The van der Waals surface area contributed by atoms with Gasteiger partial charge in [-0.15, -0.1) is 0 Å². The highest BCUT2D eigenvalue weighted by Crippen LogP contribution is 2.33. The summed E-state index contributed by atoms with van der Waals surface area (Å²) < 4.78 is 16.2. The van der Waals surface area contributed by atoms with Crippen LogP contribution in [0.25, 0.3) is 0 Å². The zero-order valence-corrected chi connectivity index (χ0v) is 15.8. The van der Waals surface area contributed by atoms with Gasteiger partial charge < -0.3 is 24.8 Å². The maximum atomic E-state index is 12.2. The van der Waals surface area contributed by atoms with Crippen molar-refractivity contribution in [2.24, 2.45) is 0 Å². The smallest absolute Gasteiger partial charge is 0.340 e. The zero-order chi connectivity index (χ0) is 20.1. The van der Waals surface area contributed by atoms with Gasteiger partial charge in [0.05, 0.1) is 17.9 Å². The molecule has 8 heteroatoms. The zero-order valence-electron chi connectivity index (χ0n) is 15.8. The van der Waals surface area contributed by atoms with Crippen LogP contribution in [0.2, 0.25) is 0 Å². The molecule has 0 radical (unpaired) electrons. The number of nitrogens with one attached hydrogen (secondary N) is 2. The van der Waals surface area contributed by atoms with Crippen molar-refractivity contribution in [2.45, 2.75) is 6.92 Å². The molecule has 2 N–H and O–H groups in total. The van der Waals surface area contributed by atoms with Crippen LogP contribution in [0, 0.1) is 0 Å². The molecule has 1 aliphatic heterocycles. The van der Waals surface area contributed by atoms with Crippen molar-refractivity contribution in [1.82, 2.24) is 9.97 Å². The maximum Gasteiger partial charge on any atom is 0.340 e. The molecule has 0 spiro atoms. The number of nitrogens with zero attached hydrogens (tertiary/aromatic N) is 2. The standard InChI is InChI=1S/C21H20N4O4/c1-2-27-20(26)15-5-3-4-6-16(15)24-19-9-10-22-21(25-19)23-14-7-8-17-18(13-14)29-12-11-28-17/h3-10,13H,2,11-12H2,1H3,(H2,22,23,24,25). The molecule has 0 atom stereocenters. The molecule has 4 rings (SSSR count). The van der Waals surface area contributed by atoms with E-state index in [9.17, 15) is 4.79 Å². The number of carbonyl (C=O) groups excluding carboxylic acids is 1. The van der Waals surface area contributed by atoms with Crippen molar-refractivity contribution in [1.29, 1.82) is 0 Å². The third-order valence-electron chi connectivity index (χ3n) is 4.14. The number of benzene rings is 2. The predicted octanol–water partition coefficient (Wildman–Crippen LogP) is 3.91. The minimum absolute atomic E-state index is 0.310. The monoisotopic (exact) mass is 392 g/mol. The maximum absolute atomic E-state index is 12.2. The molecule has 0 saturated carbocycles. The molecule has 1 aromatic heterocycles. The van der Waals surface area contributed by atoms with E-state index in [1.54, 1.807) is 37.4 Å². The Morgan fingerprint density at radius 2 is 1.90 bits per heavy atom. The van der Waals surface area contributed by atoms with Crippen LogP contribution in [0.15, 0.2) is 54.7 Å². The van der Waals surface area contributed by atoms with Crippen molar-refractivity contribution in [3.63, 3.8) is 0 Å². The molecule has 148 valence electrons. The molecule has 0 bridgehead atoms. The van der Waals surface area contributed by atoms with Crippen LogP contribution < -0.4 is 20.1 Å². The number of carbonyl (C=O) groups is 1. The Morgan fingerprint density at radius 3 is 2.76 bits per heavy atom. The summed E-state index contributed by atoms with van der Waals surface area (Å²) in [4.78, 5) is 20.9. The van der Waals surface area contributed by atoms with E-state index in [1.165, 1.54) is 0 Å². The first-order valence-electron chi connectivity index (χ1n) is 9.26. The summed E-state index contributed by atoms with van der Waals surface area (Å²) in [6.45, 7) is 3.15. The first-order chi connectivity index (χ1) is 14.2. The minimum atomic E-state index is -0.390. The van der Waals surface area contributed by atoms with E-state index in [-0.39, 0.29) is 5.97 Å². The van der Waals surface area contributed by atoms with Gasteiger partial charge in [-0.2, -0.15) is 4.98 Å². The van der Waals surface area contributed by atoms with E-state index in [0.29, 0.717) is 54.3 Å². The first-order valence-corrected chi connectivity index (χ1v) is 9.26. The molecule has 2 heterocycles. The summed E-state index contributed by atoms with van der Waals surface area (Å²) in [5.74, 6) is 1.95. The van der Waals surface area contributed by atoms with Crippen LogP contribution >= 0.6 is 0 Å². The van der Waals surface area contributed by atoms with Crippen LogP contribution in [0.1, 0.15) is 17.3 Å². The molecule has 0 aliphatic carbocycles. The third-order valence-corrected chi connectivity index (χ3v) is 4.14. The van der Waals surface area contributed by atoms with Gasteiger partial charge in [-0.3, -0.25) is 0 Å². The second-order valence-electron chi connectivity index (χ2n) is 6.14. The molecule has 0 amide bonds. The summed E-state index contributed by atoms with van der Waals surface area (Å²) in [6, 6.07) is 14.4. The fourth-order valence-corrected chi connectivity index (χ4v) is 2.86. The van der Waals surface area contributed by atoms with E-state index < -0.39 is 0 Å². The van der Waals surface area contributed by atoms with Gasteiger partial charge in [0.25, 0.3) is 0 Å². The lowest BCUT2D eigenvalue weighted by Crippen LogP contribution is -2.15. The highest BCUT2D eigenvalue weighted by atomic mass is 16.6. The number of hydrogen-bond donors (Lipinski definition) is 2. The largest absolute Gasteiger partial charge is 0.486 e. The lowest BCUT2D eigenvalue weighted by atomic mass is 10.2. The van der Waals surface area contributed by atoms with E-state index in [1.807, 2.05) is 24.3 Å². The normalized spacial score (nSPS) is 12.2. The molecular formula is C21H20N4O4. The third kappa shape index (κ3) is 4.37. The predicted molar refractivity (Wildman–Crippen MR) is 108 cm³/mol. The van der Waals surface area contributed by atoms with E-state index >= 15 is 0 Å². The van der Waals surface area contributed by atoms with Crippen LogP contribution in [0.3, 0.4) is 0 Å². The van der Waals surface area contributed by atoms with Crippen molar-refractivity contribution in [3.8, 4) is 11.5 Å². The molecule has 8 nitrogen and oxygen atoms in total. The SMILES string of the molecule is CCOC(=O)c1ccccc1Nc1ccnc(Nc2ccc3c(c2)OCCO3)n1. The Hall–Kier alpha value is -3.81. The van der Waals surface area contributed by atoms with E-state index in [4.69, 9.17) is 14.2 Å². The van der Waals surface area contributed by atoms with E-state index in [2.05, 4.69) is 20.6 Å². The van der Waals surface area contributed by atoms with Gasteiger partial charge in [-0.05, 0) is 37.3 Å². The molecule has 0 fully saturated rings. The van der Waals surface area contributed by atoms with Crippen LogP contribution in [-0.4, -0.2) is 35.8 Å². The Kier molecular flexibility index (Phi) is 5.42. The lowest BCUT2D eigenvalue weighted by Gasteiger charge is -2.19. The second-order valence-corrected chi connectivity index (χ2v) is 6.14. The van der Waals surface area contributed by atoms with Gasteiger partial charge in [-0.25, -0.2) is 9.78 Å². The number of fused-ring (bicyclic) bond motifs is 1. The summed E-state index contributed by atoms with van der Waals surface area (Å²) in [6.07, 6.45) is 1.63. The Morgan fingerprint density at radius 1 is 1.07 bits per heavy atom. The summed E-state index contributed by atoms with van der Waals surface area (Å²) in [7, 11) is 0. The molecule has 0 unspecified atom stereocenters. The van der Waals surface area contributed by atoms with Crippen molar-refractivity contribution in [2.75, 3.05) is 30.5 Å². The number of ether oxygens (including phenoxy) is 3. The number of anilines is 4. The molecule has 29 heavy (non-hydrogen) atoms. The number of esters is 1. The second kappa shape index (κ2) is 8.47. The average molecular weight is 392 g/mol. The van der Waals surface area contributed by atoms with Crippen molar-refractivity contribution < 1.29 is 19.0 Å². The van der Waals surface area contributed by atoms with Crippen molar-refractivity contribution in [3.05, 3.63) is 60.3 Å². The van der Waals surface area contributed by atoms with Gasteiger partial charge in [-0.1, -0.05) is 12.1 Å². The number of para-hydroxylation sites is 1. The minimum Gasteiger partial charge on any atom is -0.486 e. The number of rotatable bonds is 6. The van der Waals surface area contributed by atoms with Crippen molar-refractivity contribution >= 4 is 29.1 Å². The Bertz CT molecular complexity index is 1030. The van der Waals surface area contributed by atoms with Gasteiger partial charge >= 0.3 is 5.97 Å². The van der Waals surface area contributed by atoms with Crippen LogP contribution in [0.5, 0.6) is 11.5 Å². The van der Waals surface area contributed by atoms with Gasteiger partial charge in [0.15, 0.2) is 11.5 Å². The number of aromatic nitrogens is 2. The highest BCUT2D eigenvalue weighted by molar-refractivity contribution is 5.96. The fourth-order valence-electron chi connectivity index (χ4n) is 2.86. The Labute approximate surface area is 167 Å². The molecular weight excluding hydrogens is 372 g/mol. The lowest BCUT2D eigenvalue weighted by molar-refractivity contribution is 0.0527. The van der Waals surface area contributed by atoms with Crippen LogP contribution in [0.4, 0.5) is 23.1 Å². The topological polar surface area (TPSA) is 94.6 Å². The summed E-state index contributed by atoms with van der Waals surface area (Å²) in [5, 5.41) is 6.30. The summed E-state index contributed by atoms with van der Waals surface area (Å²) in [5.41, 5.74) is 1.82. The molecule has 0 saturated heterocycles.